The first-order chi connectivity index (χ1) is 22.0. The maximum Gasteiger partial charge on any atom is 0.389 e. The summed E-state index contributed by atoms with van der Waals surface area (Å²) < 4.78 is 50.4. The average molecular weight is 635 g/mol. The van der Waals surface area contributed by atoms with Gasteiger partial charge in [0.25, 0.3) is 5.91 Å². The van der Waals surface area contributed by atoms with Crippen molar-refractivity contribution in [3.05, 3.63) is 102 Å². The van der Waals surface area contributed by atoms with Crippen LogP contribution in [0.4, 0.5) is 24.7 Å². The fraction of sp³-hybridized carbons (Fsp3) is 0.250. The number of hydrogen-bond acceptors (Lipinski definition) is 8. The van der Waals surface area contributed by atoms with Crippen molar-refractivity contribution in [1.29, 1.82) is 0 Å². The lowest BCUT2D eigenvalue weighted by atomic mass is 9.82. The average Bonchev–Trinajstić information content (AvgIpc) is 3.41. The number of primary amides is 1. The smallest absolute Gasteiger partial charge is 0.389 e. The molecule has 0 radical (unpaired) electrons. The highest BCUT2D eigenvalue weighted by Crippen LogP contribution is 2.36. The number of fused-ring (bicyclic) bond motifs is 1. The minimum atomic E-state index is -4.65. The molecule has 2 aromatic carbocycles. The first kappa shape index (κ1) is 31.9. The zero-order valence-corrected chi connectivity index (χ0v) is 24.7. The van der Waals surface area contributed by atoms with Gasteiger partial charge < -0.3 is 20.3 Å². The fourth-order valence-electron chi connectivity index (χ4n) is 5.32. The van der Waals surface area contributed by atoms with Crippen molar-refractivity contribution in [3.63, 3.8) is 0 Å². The van der Waals surface area contributed by atoms with Gasteiger partial charge in [-0.15, -0.1) is 0 Å². The fourth-order valence-corrected chi connectivity index (χ4v) is 5.32. The predicted octanol–water partition coefficient (Wildman–Crippen LogP) is 4.57. The number of aryl methyl sites for hydroxylation is 1. The number of benzodiazepines with no additional fused rings is 1. The number of aromatic nitrogens is 2. The van der Waals surface area contributed by atoms with Gasteiger partial charge in [-0.3, -0.25) is 19.3 Å². The normalized spacial score (nSPS) is 16.1. The second-order valence-corrected chi connectivity index (χ2v) is 10.5. The standard InChI is InChI=1S/C32H29F3N6O5/c1-18-23(17-46-40-18)26(28(36)42)22(14-15-32(33,34)35)30(43)39-29-31(44)41(25-13-12-20(45-2)16-37-25)24-11-7-6-10-21(24)27(38-29)19-8-4-3-5-9-19/h3-13,16-17,22,26,29H,14-15H2,1-2H3,(H2,36,42)(H,39,43)/t22-,26-,29-/m1/s1. The van der Waals surface area contributed by atoms with Crippen molar-refractivity contribution in [2.75, 3.05) is 12.0 Å². The Morgan fingerprint density at radius 2 is 1.80 bits per heavy atom. The van der Waals surface area contributed by atoms with Gasteiger partial charge in [-0.05, 0) is 31.5 Å². The Morgan fingerprint density at radius 3 is 2.41 bits per heavy atom. The summed E-state index contributed by atoms with van der Waals surface area (Å²) in [5, 5.41) is 6.22. The second-order valence-electron chi connectivity index (χ2n) is 10.5. The third kappa shape index (κ3) is 6.75. The summed E-state index contributed by atoms with van der Waals surface area (Å²) in [6, 6.07) is 18.9. The van der Waals surface area contributed by atoms with E-state index in [9.17, 15) is 27.6 Å². The summed E-state index contributed by atoms with van der Waals surface area (Å²) in [5.74, 6) is -5.45. The number of amides is 3. The lowest BCUT2D eigenvalue weighted by Crippen LogP contribution is -2.49. The molecule has 0 aliphatic carbocycles. The number of hydrogen-bond donors (Lipinski definition) is 2. The van der Waals surface area contributed by atoms with Crippen molar-refractivity contribution >= 4 is 34.9 Å². The van der Waals surface area contributed by atoms with E-state index in [0.29, 0.717) is 28.3 Å². The number of aliphatic imine (C=N–C) groups is 1. The molecule has 4 aromatic rings. The number of nitrogens with zero attached hydrogens (tertiary/aromatic N) is 4. The molecule has 0 spiro atoms. The molecule has 3 heterocycles. The number of alkyl halides is 3. The van der Waals surface area contributed by atoms with Crippen LogP contribution in [0.3, 0.4) is 0 Å². The molecule has 3 atom stereocenters. The number of pyridine rings is 1. The van der Waals surface area contributed by atoms with Crippen molar-refractivity contribution in [2.24, 2.45) is 16.6 Å². The minimum absolute atomic E-state index is 0.0620. The van der Waals surface area contributed by atoms with E-state index in [2.05, 4.69) is 20.4 Å². The second kappa shape index (κ2) is 13.2. The largest absolute Gasteiger partial charge is 0.495 e. The van der Waals surface area contributed by atoms with Crippen LogP contribution >= 0.6 is 0 Å². The van der Waals surface area contributed by atoms with Crippen LogP contribution in [0.1, 0.15) is 41.1 Å². The number of nitrogens with two attached hydrogens (primary N) is 1. The number of halogens is 3. The van der Waals surface area contributed by atoms with E-state index in [1.807, 2.05) is 0 Å². The Kier molecular flexibility index (Phi) is 9.16. The van der Waals surface area contributed by atoms with E-state index in [4.69, 9.17) is 15.0 Å². The van der Waals surface area contributed by atoms with Crippen LogP contribution in [0, 0.1) is 12.8 Å². The SMILES string of the molecule is COc1ccc(N2C(=O)[C@@H](NC(=O)[C@H](CCC(F)(F)F)[C@@H](C(N)=O)c3conc3C)N=C(c3ccccc3)c3ccccc32)nc1. The van der Waals surface area contributed by atoms with E-state index in [-0.39, 0.29) is 17.1 Å². The number of para-hydroxylation sites is 1. The van der Waals surface area contributed by atoms with Gasteiger partial charge in [0.1, 0.15) is 17.8 Å². The molecule has 3 N–H and O–H groups in total. The van der Waals surface area contributed by atoms with Crippen LogP contribution in [0.25, 0.3) is 0 Å². The number of benzene rings is 2. The molecule has 0 fully saturated rings. The summed E-state index contributed by atoms with van der Waals surface area (Å²) in [7, 11) is 1.46. The molecule has 1 aliphatic heterocycles. The quantitative estimate of drug-likeness (QED) is 0.259. The Labute approximate surface area is 261 Å². The number of ether oxygens (including phenoxy) is 1. The lowest BCUT2D eigenvalue weighted by molar-refractivity contribution is -0.144. The Bertz CT molecular complexity index is 1760. The van der Waals surface area contributed by atoms with Gasteiger partial charge >= 0.3 is 6.18 Å². The highest BCUT2D eigenvalue weighted by molar-refractivity contribution is 6.21. The highest BCUT2D eigenvalue weighted by atomic mass is 19.4. The molecule has 14 heteroatoms. The van der Waals surface area contributed by atoms with E-state index in [0.717, 1.165) is 6.26 Å². The Morgan fingerprint density at radius 1 is 1.09 bits per heavy atom. The van der Waals surface area contributed by atoms with Gasteiger partial charge in [0.05, 0.1) is 42.2 Å². The number of nitrogens with one attached hydrogen (secondary N) is 1. The van der Waals surface area contributed by atoms with Crippen molar-refractivity contribution < 1.29 is 36.8 Å². The third-order valence-corrected chi connectivity index (χ3v) is 7.53. The molecule has 46 heavy (non-hydrogen) atoms. The predicted molar refractivity (Wildman–Crippen MR) is 160 cm³/mol. The molecule has 0 saturated carbocycles. The number of carbonyl (C=O) groups is 3. The van der Waals surface area contributed by atoms with E-state index in [1.54, 1.807) is 66.7 Å². The van der Waals surface area contributed by atoms with Crippen LogP contribution in [-0.2, 0) is 14.4 Å². The van der Waals surface area contributed by atoms with Gasteiger partial charge in [-0.2, -0.15) is 13.2 Å². The number of methoxy groups -OCH3 is 1. The topological polar surface area (TPSA) is 153 Å². The summed E-state index contributed by atoms with van der Waals surface area (Å²) in [6.07, 6.45) is -6.04. The van der Waals surface area contributed by atoms with Gasteiger partial charge in [0.2, 0.25) is 18.0 Å². The molecule has 0 saturated heterocycles. The lowest BCUT2D eigenvalue weighted by Gasteiger charge is -2.27. The molecule has 1 aliphatic rings. The zero-order valence-electron chi connectivity index (χ0n) is 24.7. The van der Waals surface area contributed by atoms with Crippen LogP contribution in [-0.4, -0.2) is 53.0 Å². The first-order valence-electron chi connectivity index (χ1n) is 14.1. The summed E-state index contributed by atoms with van der Waals surface area (Å²) >= 11 is 0. The van der Waals surface area contributed by atoms with Crippen LogP contribution in [0.5, 0.6) is 5.75 Å². The van der Waals surface area contributed by atoms with E-state index in [1.165, 1.54) is 25.1 Å². The van der Waals surface area contributed by atoms with Crippen molar-refractivity contribution in [1.82, 2.24) is 15.5 Å². The first-order valence-corrected chi connectivity index (χ1v) is 14.1. The van der Waals surface area contributed by atoms with Gasteiger partial charge in [0.15, 0.2) is 0 Å². The molecular weight excluding hydrogens is 605 g/mol. The van der Waals surface area contributed by atoms with Crippen LogP contribution in [0.15, 0.2) is 88.7 Å². The number of carbonyl (C=O) groups excluding carboxylic acids is 3. The number of rotatable bonds is 10. The van der Waals surface area contributed by atoms with Crippen molar-refractivity contribution in [3.8, 4) is 5.75 Å². The summed E-state index contributed by atoms with van der Waals surface area (Å²) in [6.45, 7) is 1.47. The molecule has 3 amide bonds. The van der Waals surface area contributed by atoms with Gasteiger partial charge in [0, 0.05) is 23.1 Å². The summed E-state index contributed by atoms with van der Waals surface area (Å²) in [5.41, 5.74) is 7.75. The van der Waals surface area contributed by atoms with Crippen LogP contribution < -0.4 is 20.7 Å². The van der Waals surface area contributed by atoms with Gasteiger partial charge in [-0.25, -0.2) is 9.98 Å². The zero-order chi connectivity index (χ0) is 33.0. The van der Waals surface area contributed by atoms with E-state index >= 15 is 0 Å². The van der Waals surface area contributed by atoms with Gasteiger partial charge in [-0.1, -0.05) is 53.7 Å². The molecule has 2 aromatic heterocycles. The number of anilines is 2. The Hall–Kier alpha value is -5.53. The minimum Gasteiger partial charge on any atom is -0.495 e. The molecule has 5 rings (SSSR count). The van der Waals surface area contributed by atoms with Crippen LogP contribution in [0.2, 0.25) is 0 Å². The third-order valence-electron chi connectivity index (χ3n) is 7.53. The van der Waals surface area contributed by atoms with E-state index < -0.39 is 54.7 Å². The highest BCUT2D eigenvalue weighted by Gasteiger charge is 2.42. The Balaban J connectivity index is 1.62. The molecule has 238 valence electrons. The summed E-state index contributed by atoms with van der Waals surface area (Å²) in [4.78, 5) is 51.3. The maximum absolute atomic E-state index is 14.3. The molecule has 11 nitrogen and oxygen atoms in total. The maximum atomic E-state index is 14.3. The monoisotopic (exact) mass is 634 g/mol. The molecule has 0 unspecified atom stereocenters. The molecule has 0 bridgehead atoms. The van der Waals surface area contributed by atoms with Crippen molar-refractivity contribution in [2.45, 2.75) is 38.0 Å². The molecular formula is C32H29F3N6O5.